The predicted octanol–water partition coefficient (Wildman–Crippen LogP) is 3.59. The van der Waals surface area contributed by atoms with Gasteiger partial charge in [-0.3, -0.25) is 19.4 Å². The summed E-state index contributed by atoms with van der Waals surface area (Å²) in [7, 11) is 0. The van der Waals surface area contributed by atoms with E-state index in [1.165, 1.54) is 23.8 Å². The van der Waals surface area contributed by atoms with Crippen molar-refractivity contribution in [3.63, 3.8) is 0 Å². The number of piperazine rings is 1. The van der Waals surface area contributed by atoms with Gasteiger partial charge in [0.05, 0.1) is 18.4 Å². The van der Waals surface area contributed by atoms with Crippen molar-refractivity contribution in [2.45, 2.75) is 58.0 Å². The first kappa shape index (κ1) is 27.0. The second-order valence-corrected chi connectivity index (χ2v) is 10.2. The number of fused-ring (bicyclic) bond motifs is 1. The van der Waals surface area contributed by atoms with Crippen LogP contribution in [-0.2, 0) is 19.1 Å². The molecule has 8 nitrogen and oxygen atoms in total. The van der Waals surface area contributed by atoms with Crippen molar-refractivity contribution >= 4 is 23.6 Å². The summed E-state index contributed by atoms with van der Waals surface area (Å²) in [4.78, 5) is 49.0. The molecule has 3 heterocycles. The first-order valence-electron chi connectivity index (χ1n) is 13.8. The van der Waals surface area contributed by atoms with Crippen LogP contribution < -0.4 is 4.90 Å². The van der Waals surface area contributed by atoms with Gasteiger partial charge in [0.1, 0.15) is 11.9 Å². The van der Waals surface area contributed by atoms with Crippen LogP contribution in [0.5, 0.6) is 0 Å². The number of anilines is 1. The molecule has 0 saturated carbocycles. The Labute approximate surface area is 220 Å². The molecule has 1 aromatic heterocycles. The maximum atomic E-state index is 13.1. The average molecular weight is 509 g/mol. The summed E-state index contributed by atoms with van der Waals surface area (Å²) in [6, 6.07) is 5.90. The fraction of sp³-hybridized carbons (Fsp3) is 0.586. The van der Waals surface area contributed by atoms with E-state index in [1.54, 1.807) is 6.20 Å². The Kier molecular flexibility index (Phi) is 9.88. The highest BCUT2D eigenvalue weighted by atomic mass is 16.5. The summed E-state index contributed by atoms with van der Waals surface area (Å²) < 4.78 is 5.85. The second kappa shape index (κ2) is 13.5. The number of rotatable bonds is 12. The molecule has 1 aliphatic carbocycles. The molecule has 2 fully saturated rings. The Bertz CT molecular complexity index is 945. The third-order valence-electron chi connectivity index (χ3n) is 7.55. The third-order valence-corrected chi connectivity index (χ3v) is 7.55. The molecule has 4 rings (SSSR count). The van der Waals surface area contributed by atoms with Crippen LogP contribution in [0, 0.1) is 11.8 Å². The Hall–Kier alpha value is -3.00. The molecule has 0 spiro atoms. The van der Waals surface area contributed by atoms with Crippen molar-refractivity contribution in [3.05, 3.63) is 48.7 Å². The molecule has 2 amide bonds. The Morgan fingerprint density at radius 2 is 1.76 bits per heavy atom. The molecule has 0 bridgehead atoms. The van der Waals surface area contributed by atoms with Crippen LogP contribution in [0.2, 0.25) is 0 Å². The molecule has 2 aliphatic heterocycles. The van der Waals surface area contributed by atoms with Crippen molar-refractivity contribution in [3.8, 4) is 0 Å². The number of pyridine rings is 1. The van der Waals surface area contributed by atoms with Gasteiger partial charge in [-0.25, -0.2) is 9.78 Å². The fourth-order valence-electron chi connectivity index (χ4n) is 5.45. The number of esters is 1. The zero-order valence-corrected chi connectivity index (χ0v) is 22.0. The number of imide groups is 1. The van der Waals surface area contributed by atoms with E-state index in [2.05, 4.69) is 21.7 Å². The summed E-state index contributed by atoms with van der Waals surface area (Å²) in [5.41, 5.74) is 0. The van der Waals surface area contributed by atoms with E-state index in [9.17, 15) is 14.4 Å². The normalized spacial score (nSPS) is 23.1. The average Bonchev–Trinajstić information content (AvgIpc) is 3.16. The van der Waals surface area contributed by atoms with Crippen molar-refractivity contribution in [2.24, 2.45) is 11.8 Å². The highest BCUT2D eigenvalue weighted by Crippen LogP contribution is 2.35. The molecule has 1 aromatic rings. The largest absolute Gasteiger partial charge is 0.456 e. The molecule has 0 aromatic carbocycles. The van der Waals surface area contributed by atoms with Crippen molar-refractivity contribution in [1.82, 2.24) is 14.8 Å². The fourth-order valence-corrected chi connectivity index (χ4v) is 5.45. The lowest BCUT2D eigenvalue weighted by Crippen LogP contribution is -2.51. The number of allylic oxidation sites excluding steroid dienone is 3. The van der Waals surface area contributed by atoms with Crippen molar-refractivity contribution in [2.75, 3.05) is 44.2 Å². The van der Waals surface area contributed by atoms with E-state index >= 15 is 0 Å². The second-order valence-electron chi connectivity index (χ2n) is 10.2. The molecular weight excluding hydrogens is 468 g/mol. The minimum absolute atomic E-state index is 0.112. The van der Waals surface area contributed by atoms with E-state index in [-0.39, 0.29) is 30.2 Å². The molecule has 37 heavy (non-hydrogen) atoms. The van der Waals surface area contributed by atoms with E-state index in [0.29, 0.717) is 19.4 Å². The van der Waals surface area contributed by atoms with Crippen LogP contribution in [0.3, 0.4) is 0 Å². The van der Waals surface area contributed by atoms with Gasteiger partial charge < -0.3 is 9.64 Å². The number of carbonyl (C=O) groups is 3. The van der Waals surface area contributed by atoms with Crippen LogP contribution in [0.1, 0.15) is 51.9 Å². The van der Waals surface area contributed by atoms with Gasteiger partial charge >= 0.3 is 5.97 Å². The number of ether oxygens (including phenoxy) is 1. The van der Waals surface area contributed by atoms with Gasteiger partial charge in [0.2, 0.25) is 11.8 Å². The molecule has 3 atom stereocenters. The number of carbonyl (C=O) groups excluding carboxylic acids is 3. The summed E-state index contributed by atoms with van der Waals surface area (Å²) in [6.07, 6.45) is 15.2. The SMILES string of the molecule is CCCCCC/C=C/C(=O)OC(CN1CCN(c2ccccn2)CC1)CN1C(=O)[C@H]2CC=CC[C@H]2C1=O. The van der Waals surface area contributed by atoms with Gasteiger partial charge in [-0.05, 0) is 37.8 Å². The third kappa shape index (κ3) is 7.28. The number of nitrogens with zero attached hydrogens (tertiary/aromatic N) is 4. The number of amides is 2. The molecule has 200 valence electrons. The predicted molar refractivity (Wildman–Crippen MR) is 143 cm³/mol. The van der Waals surface area contributed by atoms with Gasteiger partial charge in [0, 0.05) is 45.0 Å². The smallest absolute Gasteiger partial charge is 0.330 e. The summed E-state index contributed by atoms with van der Waals surface area (Å²) in [5.74, 6) is -0.277. The number of unbranched alkanes of at least 4 members (excludes halogenated alkanes) is 4. The number of hydrogen-bond donors (Lipinski definition) is 0. The minimum atomic E-state index is -0.570. The lowest BCUT2D eigenvalue weighted by molar-refractivity contribution is -0.151. The van der Waals surface area contributed by atoms with Gasteiger partial charge in [-0.1, -0.05) is 50.5 Å². The summed E-state index contributed by atoms with van der Waals surface area (Å²) >= 11 is 0. The topological polar surface area (TPSA) is 83.1 Å². The van der Waals surface area contributed by atoms with E-state index < -0.39 is 12.1 Å². The molecule has 1 unspecified atom stereocenters. The molecule has 8 heteroatoms. The Morgan fingerprint density at radius 3 is 2.41 bits per heavy atom. The molecular formula is C29H40N4O4. The Balaban J connectivity index is 1.36. The van der Waals surface area contributed by atoms with Crippen LogP contribution in [-0.4, -0.2) is 77.9 Å². The van der Waals surface area contributed by atoms with Crippen LogP contribution in [0.25, 0.3) is 0 Å². The first-order chi connectivity index (χ1) is 18.1. The standard InChI is InChI=1S/C29H40N4O4/c1-2-3-4-5-6-7-15-27(34)37-23(22-33-28(35)24-12-8-9-13-25(24)29(33)36)21-31-17-19-32(20-18-31)26-14-10-11-16-30-26/h7-11,14-16,23-25H,2-6,12-13,17-22H2,1H3/b15-7+/t23?,24-,25+. The zero-order chi connectivity index (χ0) is 26.0. The molecule has 0 N–H and O–H groups in total. The number of hydrogen-bond acceptors (Lipinski definition) is 7. The molecule has 3 aliphatic rings. The van der Waals surface area contributed by atoms with Crippen molar-refractivity contribution < 1.29 is 19.1 Å². The quantitative estimate of drug-likeness (QED) is 0.140. The maximum Gasteiger partial charge on any atom is 0.330 e. The minimum Gasteiger partial charge on any atom is -0.456 e. The lowest BCUT2D eigenvalue weighted by atomic mass is 9.85. The van der Waals surface area contributed by atoms with Crippen LogP contribution in [0.4, 0.5) is 5.82 Å². The van der Waals surface area contributed by atoms with E-state index in [1.807, 2.05) is 36.4 Å². The summed E-state index contributed by atoms with van der Waals surface area (Å²) in [5, 5.41) is 0. The zero-order valence-electron chi connectivity index (χ0n) is 22.0. The highest BCUT2D eigenvalue weighted by molar-refractivity contribution is 6.05. The van der Waals surface area contributed by atoms with E-state index in [4.69, 9.17) is 4.74 Å². The summed E-state index contributed by atoms with van der Waals surface area (Å²) in [6.45, 7) is 5.97. The van der Waals surface area contributed by atoms with Gasteiger partial charge in [0.15, 0.2) is 0 Å². The lowest BCUT2D eigenvalue weighted by Gasteiger charge is -2.37. The molecule has 2 saturated heterocycles. The van der Waals surface area contributed by atoms with E-state index in [0.717, 1.165) is 51.3 Å². The monoisotopic (exact) mass is 508 g/mol. The highest BCUT2D eigenvalue weighted by Gasteiger charge is 2.48. The maximum absolute atomic E-state index is 13.1. The van der Waals surface area contributed by atoms with Crippen LogP contribution >= 0.6 is 0 Å². The van der Waals surface area contributed by atoms with Gasteiger partial charge in [-0.2, -0.15) is 0 Å². The number of likely N-dealkylation sites (tertiary alicyclic amines) is 1. The first-order valence-corrected chi connectivity index (χ1v) is 13.8. The number of aromatic nitrogens is 1. The van der Waals surface area contributed by atoms with Gasteiger partial charge in [0.25, 0.3) is 0 Å². The van der Waals surface area contributed by atoms with Crippen molar-refractivity contribution in [1.29, 1.82) is 0 Å². The van der Waals surface area contributed by atoms with Gasteiger partial charge in [-0.15, -0.1) is 0 Å². The van der Waals surface area contributed by atoms with Crippen LogP contribution in [0.15, 0.2) is 48.7 Å². The molecule has 0 radical (unpaired) electrons. The Morgan fingerprint density at radius 1 is 1.03 bits per heavy atom.